The van der Waals surface area contributed by atoms with E-state index in [2.05, 4.69) is 6.92 Å². The summed E-state index contributed by atoms with van der Waals surface area (Å²) in [6.07, 6.45) is 7.23. The quantitative estimate of drug-likeness (QED) is 0.775. The molecule has 0 amide bonds. The van der Waals surface area contributed by atoms with Crippen molar-refractivity contribution >= 4 is 5.78 Å². The molecule has 0 N–H and O–H groups in total. The fourth-order valence-electron chi connectivity index (χ4n) is 3.65. The van der Waals surface area contributed by atoms with Crippen LogP contribution in [0.5, 0.6) is 0 Å². The molecule has 1 heterocycles. The van der Waals surface area contributed by atoms with Crippen LogP contribution >= 0.6 is 0 Å². The van der Waals surface area contributed by atoms with Crippen molar-refractivity contribution < 1.29 is 14.3 Å². The van der Waals surface area contributed by atoms with E-state index in [1.807, 2.05) is 30.3 Å². The standard InChI is InChI=1S/C19H26O3/c1-15(14-17(20)16-8-4-2-5-9-16)18-10-13-21-19(22-18)11-6-3-7-12-19/h2,4-5,8-9,15,18H,3,6-7,10-14H2,1H3. The molecule has 2 atom stereocenters. The van der Waals surface area contributed by atoms with Gasteiger partial charge in [-0.3, -0.25) is 4.79 Å². The predicted molar refractivity (Wildman–Crippen MR) is 85.8 cm³/mol. The minimum Gasteiger partial charge on any atom is -0.350 e. The molecule has 0 radical (unpaired) electrons. The van der Waals surface area contributed by atoms with Gasteiger partial charge in [0.1, 0.15) is 0 Å². The summed E-state index contributed by atoms with van der Waals surface area (Å²) in [5.41, 5.74) is 0.800. The summed E-state index contributed by atoms with van der Waals surface area (Å²) >= 11 is 0. The van der Waals surface area contributed by atoms with Gasteiger partial charge in [-0.25, -0.2) is 0 Å². The van der Waals surface area contributed by atoms with Crippen LogP contribution < -0.4 is 0 Å². The summed E-state index contributed by atoms with van der Waals surface area (Å²) in [4.78, 5) is 12.4. The Kier molecular flexibility index (Phi) is 4.94. The molecule has 1 aliphatic heterocycles. The Morgan fingerprint density at radius 3 is 2.68 bits per heavy atom. The number of ether oxygens (including phenoxy) is 2. The van der Waals surface area contributed by atoms with Gasteiger partial charge in [-0.15, -0.1) is 0 Å². The average Bonchev–Trinajstić information content (AvgIpc) is 2.56. The van der Waals surface area contributed by atoms with Crippen molar-refractivity contribution in [2.45, 2.75) is 63.8 Å². The highest BCUT2D eigenvalue weighted by Crippen LogP contribution is 2.39. The SMILES string of the molecule is CC(CC(=O)c1ccccc1)C1CCOC2(CCCCC2)O1. The van der Waals surface area contributed by atoms with E-state index >= 15 is 0 Å². The first-order valence-electron chi connectivity index (χ1n) is 8.59. The summed E-state index contributed by atoms with van der Waals surface area (Å²) in [7, 11) is 0. The molecule has 0 bridgehead atoms. The highest BCUT2D eigenvalue weighted by molar-refractivity contribution is 5.96. The molecule has 3 rings (SSSR count). The summed E-state index contributed by atoms with van der Waals surface area (Å²) in [6.45, 7) is 2.89. The van der Waals surface area contributed by atoms with Crippen LogP contribution in [0.15, 0.2) is 30.3 Å². The van der Waals surface area contributed by atoms with Crippen molar-refractivity contribution in [3.05, 3.63) is 35.9 Å². The number of ketones is 1. The molecule has 120 valence electrons. The Hall–Kier alpha value is -1.19. The van der Waals surface area contributed by atoms with Crippen LogP contribution in [0.1, 0.15) is 62.2 Å². The fraction of sp³-hybridized carbons (Fsp3) is 0.632. The zero-order valence-electron chi connectivity index (χ0n) is 13.4. The van der Waals surface area contributed by atoms with Crippen LogP contribution in [0.2, 0.25) is 0 Å². The van der Waals surface area contributed by atoms with Gasteiger partial charge in [0.2, 0.25) is 0 Å². The molecule has 1 saturated carbocycles. The highest BCUT2D eigenvalue weighted by Gasteiger charge is 2.41. The van der Waals surface area contributed by atoms with Gasteiger partial charge < -0.3 is 9.47 Å². The van der Waals surface area contributed by atoms with Crippen molar-refractivity contribution in [2.75, 3.05) is 6.61 Å². The van der Waals surface area contributed by atoms with Gasteiger partial charge in [0.15, 0.2) is 11.6 Å². The minimum atomic E-state index is -0.356. The molecule has 0 aromatic heterocycles. The number of hydrogen-bond donors (Lipinski definition) is 0. The van der Waals surface area contributed by atoms with Crippen LogP contribution in [0.4, 0.5) is 0 Å². The Labute approximate surface area is 133 Å². The first-order valence-corrected chi connectivity index (χ1v) is 8.59. The predicted octanol–water partition coefficient (Wildman–Crippen LogP) is 4.36. The molecule has 2 fully saturated rings. The molecule has 22 heavy (non-hydrogen) atoms. The normalized spacial score (nSPS) is 25.8. The number of carbonyl (C=O) groups excluding carboxylic acids is 1. The lowest BCUT2D eigenvalue weighted by molar-refractivity contribution is -0.312. The number of carbonyl (C=O) groups is 1. The second kappa shape index (κ2) is 6.93. The van der Waals surface area contributed by atoms with Gasteiger partial charge in [0.25, 0.3) is 0 Å². The summed E-state index contributed by atoms with van der Waals surface area (Å²) in [6, 6.07) is 9.55. The maximum atomic E-state index is 12.4. The minimum absolute atomic E-state index is 0.138. The van der Waals surface area contributed by atoms with Crippen LogP contribution in [-0.4, -0.2) is 24.3 Å². The van der Waals surface area contributed by atoms with Gasteiger partial charge in [-0.1, -0.05) is 43.7 Å². The number of rotatable bonds is 4. The fourth-order valence-corrected chi connectivity index (χ4v) is 3.65. The van der Waals surface area contributed by atoms with Crippen molar-refractivity contribution in [1.82, 2.24) is 0 Å². The molecular weight excluding hydrogens is 276 g/mol. The lowest BCUT2D eigenvalue weighted by Crippen LogP contribution is -2.48. The maximum absolute atomic E-state index is 12.4. The van der Waals surface area contributed by atoms with Crippen LogP contribution in [-0.2, 0) is 9.47 Å². The Balaban J connectivity index is 1.59. The molecular formula is C19H26O3. The monoisotopic (exact) mass is 302 g/mol. The van der Waals surface area contributed by atoms with Crippen LogP contribution in [0.3, 0.4) is 0 Å². The van der Waals surface area contributed by atoms with E-state index in [1.54, 1.807) is 0 Å². The lowest BCUT2D eigenvalue weighted by atomic mass is 9.89. The first-order chi connectivity index (χ1) is 10.7. The van der Waals surface area contributed by atoms with E-state index in [4.69, 9.17) is 9.47 Å². The van der Waals surface area contributed by atoms with Gasteiger partial charge >= 0.3 is 0 Å². The van der Waals surface area contributed by atoms with E-state index in [9.17, 15) is 4.79 Å². The number of hydrogen-bond acceptors (Lipinski definition) is 3. The third kappa shape index (κ3) is 3.58. The molecule has 1 saturated heterocycles. The van der Waals surface area contributed by atoms with E-state index < -0.39 is 0 Å². The average molecular weight is 302 g/mol. The van der Waals surface area contributed by atoms with Crippen molar-refractivity contribution in [3.8, 4) is 0 Å². The van der Waals surface area contributed by atoms with Crippen molar-refractivity contribution in [3.63, 3.8) is 0 Å². The van der Waals surface area contributed by atoms with Gasteiger partial charge in [0.05, 0.1) is 12.7 Å². The maximum Gasteiger partial charge on any atom is 0.168 e. The van der Waals surface area contributed by atoms with E-state index in [1.165, 1.54) is 19.3 Å². The summed E-state index contributed by atoms with van der Waals surface area (Å²) < 4.78 is 12.3. The third-order valence-corrected chi connectivity index (χ3v) is 4.99. The van der Waals surface area contributed by atoms with E-state index in [0.29, 0.717) is 6.42 Å². The van der Waals surface area contributed by atoms with Gasteiger partial charge in [0, 0.05) is 24.8 Å². The second-order valence-electron chi connectivity index (χ2n) is 6.74. The Bertz CT molecular complexity index is 485. The van der Waals surface area contributed by atoms with E-state index in [0.717, 1.165) is 31.4 Å². The largest absolute Gasteiger partial charge is 0.350 e. The zero-order chi connectivity index (χ0) is 15.4. The van der Waals surface area contributed by atoms with Crippen LogP contribution in [0, 0.1) is 5.92 Å². The molecule has 3 heteroatoms. The number of benzene rings is 1. The van der Waals surface area contributed by atoms with Gasteiger partial charge in [-0.05, 0) is 25.2 Å². The Morgan fingerprint density at radius 2 is 1.95 bits per heavy atom. The topological polar surface area (TPSA) is 35.5 Å². The molecule has 1 spiro atoms. The lowest BCUT2D eigenvalue weighted by Gasteiger charge is -2.45. The molecule has 1 aliphatic carbocycles. The summed E-state index contributed by atoms with van der Waals surface area (Å²) in [5.74, 6) is 0.0851. The smallest absolute Gasteiger partial charge is 0.168 e. The molecule has 1 aromatic carbocycles. The zero-order valence-corrected chi connectivity index (χ0v) is 13.4. The second-order valence-corrected chi connectivity index (χ2v) is 6.74. The molecule has 1 aromatic rings. The Morgan fingerprint density at radius 1 is 1.23 bits per heavy atom. The highest BCUT2D eigenvalue weighted by atomic mass is 16.7. The van der Waals surface area contributed by atoms with Crippen LogP contribution in [0.25, 0.3) is 0 Å². The van der Waals surface area contributed by atoms with Crippen molar-refractivity contribution in [2.24, 2.45) is 5.92 Å². The van der Waals surface area contributed by atoms with Crippen molar-refractivity contribution in [1.29, 1.82) is 0 Å². The van der Waals surface area contributed by atoms with E-state index in [-0.39, 0.29) is 23.6 Å². The number of Topliss-reactive ketones (excluding diaryl/α,β-unsaturated/α-hetero) is 1. The first kappa shape index (κ1) is 15.7. The molecule has 2 aliphatic rings. The summed E-state index contributed by atoms with van der Waals surface area (Å²) in [5, 5.41) is 0. The molecule has 3 nitrogen and oxygen atoms in total. The third-order valence-electron chi connectivity index (χ3n) is 4.99. The molecule has 2 unspecified atom stereocenters. The van der Waals surface area contributed by atoms with Gasteiger partial charge in [-0.2, -0.15) is 0 Å².